The maximum Gasteiger partial charge on any atom is 0.150 e. The van der Waals surface area contributed by atoms with Gasteiger partial charge in [0.25, 0.3) is 0 Å². The minimum Gasteiger partial charge on any atom is -0.394 e. The van der Waals surface area contributed by atoms with Crippen LogP contribution in [0.4, 0.5) is 0 Å². The quantitative estimate of drug-likeness (QED) is 0.537. The number of nitrogens with one attached hydrogen (secondary N) is 1. The van der Waals surface area contributed by atoms with Crippen LogP contribution in [-0.4, -0.2) is 34.6 Å². The van der Waals surface area contributed by atoms with E-state index in [1.54, 1.807) is 12.3 Å². The van der Waals surface area contributed by atoms with Crippen molar-refractivity contribution >= 4 is 0 Å². The van der Waals surface area contributed by atoms with Crippen LogP contribution in [0.5, 0.6) is 0 Å². The molecule has 12 heavy (non-hydrogen) atoms. The van der Waals surface area contributed by atoms with Gasteiger partial charge in [-0.05, 0) is 0 Å². The van der Waals surface area contributed by atoms with Crippen LogP contribution < -0.4 is 5.32 Å². The number of nitrogens with zero attached hydrogens (tertiary/aromatic N) is 1. The summed E-state index contributed by atoms with van der Waals surface area (Å²) in [6, 6.07) is 1.73. The Morgan fingerprint density at radius 3 is 3.08 bits per heavy atom. The highest BCUT2D eigenvalue weighted by Crippen LogP contribution is 1.94. The van der Waals surface area contributed by atoms with E-state index in [4.69, 9.17) is 14.7 Å². The lowest BCUT2D eigenvalue weighted by molar-refractivity contribution is 0.0936. The van der Waals surface area contributed by atoms with E-state index in [0.717, 1.165) is 0 Å². The van der Waals surface area contributed by atoms with Gasteiger partial charge in [0.15, 0.2) is 0 Å². The molecular formula is C7H12N2O3. The number of aromatic nitrogens is 1. The first-order valence-electron chi connectivity index (χ1n) is 3.72. The molecule has 1 aromatic rings. The van der Waals surface area contributed by atoms with Crippen LogP contribution in [0, 0.1) is 0 Å². The van der Waals surface area contributed by atoms with Gasteiger partial charge in [-0.15, -0.1) is 0 Å². The van der Waals surface area contributed by atoms with E-state index in [0.29, 0.717) is 18.8 Å². The molecule has 0 saturated carbocycles. The number of aliphatic hydroxyl groups is 2. The Bertz CT molecular complexity index is 200. The fourth-order valence-electron chi connectivity index (χ4n) is 0.760. The zero-order valence-electron chi connectivity index (χ0n) is 6.60. The van der Waals surface area contributed by atoms with Crippen molar-refractivity contribution in [1.82, 2.24) is 10.5 Å². The van der Waals surface area contributed by atoms with Crippen LogP contribution in [0.25, 0.3) is 0 Å². The van der Waals surface area contributed by atoms with Gasteiger partial charge in [-0.1, -0.05) is 5.16 Å². The molecule has 68 valence electrons. The fraction of sp³-hybridized carbons (Fsp3) is 0.571. The van der Waals surface area contributed by atoms with Crippen molar-refractivity contribution in [1.29, 1.82) is 0 Å². The van der Waals surface area contributed by atoms with Crippen molar-refractivity contribution in [3.8, 4) is 0 Å². The Morgan fingerprint density at radius 1 is 1.67 bits per heavy atom. The zero-order chi connectivity index (χ0) is 8.81. The van der Waals surface area contributed by atoms with Crippen molar-refractivity contribution in [3.63, 3.8) is 0 Å². The molecule has 0 aromatic carbocycles. The Labute approximate surface area is 70.0 Å². The summed E-state index contributed by atoms with van der Waals surface area (Å²) in [7, 11) is 0. The highest BCUT2D eigenvalue weighted by atomic mass is 16.5. The largest absolute Gasteiger partial charge is 0.394 e. The summed E-state index contributed by atoms with van der Waals surface area (Å²) in [5, 5.41) is 23.8. The van der Waals surface area contributed by atoms with Gasteiger partial charge in [0.2, 0.25) is 0 Å². The van der Waals surface area contributed by atoms with E-state index in [1.165, 1.54) is 0 Å². The van der Waals surface area contributed by atoms with Crippen LogP contribution in [0.2, 0.25) is 0 Å². The maximum absolute atomic E-state index is 8.93. The summed E-state index contributed by atoms with van der Waals surface area (Å²) >= 11 is 0. The van der Waals surface area contributed by atoms with Crippen LogP contribution in [0.15, 0.2) is 16.8 Å². The van der Waals surface area contributed by atoms with Crippen LogP contribution in [-0.2, 0) is 6.54 Å². The SMILES string of the molecule is OCC(O)CNCc1ccno1. The molecule has 0 aliphatic rings. The molecule has 5 nitrogen and oxygen atoms in total. The van der Waals surface area contributed by atoms with E-state index in [1.807, 2.05) is 0 Å². The van der Waals surface area contributed by atoms with Gasteiger partial charge in [0, 0.05) is 12.6 Å². The third-order valence-electron chi connectivity index (χ3n) is 1.38. The molecule has 0 fully saturated rings. The number of hydrogen-bond acceptors (Lipinski definition) is 5. The van der Waals surface area contributed by atoms with Crippen molar-refractivity contribution in [3.05, 3.63) is 18.0 Å². The summed E-state index contributed by atoms with van der Waals surface area (Å²) in [5.74, 6) is 0.708. The molecule has 1 rings (SSSR count). The first-order valence-corrected chi connectivity index (χ1v) is 3.72. The summed E-state index contributed by atoms with van der Waals surface area (Å²) in [4.78, 5) is 0. The molecule has 5 heteroatoms. The van der Waals surface area contributed by atoms with E-state index in [9.17, 15) is 0 Å². The Balaban J connectivity index is 2.11. The highest BCUT2D eigenvalue weighted by Gasteiger charge is 2.01. The van der Waals surface area contributed by atoms with Gasteiger partial charge >= 0.3 is 0 Å². The van der Waals surface area contributed by atoms with Crippen LogP contribution in [0.1, 0.15) is 5.76 Å². The third-order valence-corrected chi connectivity index (χ3v) is 1.38. The standard InChI is InChI=1S/C7H12N2O3/c10-5-6(11)3-8-4-7-1-2-9-12-7/h1-2,6,8,10-11H,3-5H2. The molecule has 0 saturated heterocycles. The molecule has 1 heterocycles. The maximum atomic E-state index is 8.93. The van der Waals surface area contributed by atoms with Gasteiger partial charge < -0.3 is 20.1 Å². The molecule has 1 unspecified atom stereocenters. The molecule has 1 atom stereocenters. The summed E-state index contributed by atoms with van der Waals surface area (Å²) in [5.41, 5.74) is 0. The lowest BCUT2D eigenvalue weighted by atomic mass is 10.3. The minimum atomic E-state index is -0.715. The second-order valence-electron chi connectivity index (χ2n) is 2.45. The van der Waals surface area contributed by atoms with Gasteiger partial charge in [-0.2, -0.15) is 0 Å². The monoisotopic (exact) mass is 172 g/mol. The topological polar surface area (TPSA) is 78.5 Å². The Hall–Kier alpha value is -0.910. The summed E-state index contributed by atoms with van der Waals surface area (Å²) in [6.45, 7) is 0.623. The van der Waals surface area contributed by atoms with Crippen molar-refractivity contribution in [2.45, 2.75) is 12.6 Å². The molecule has 0 bridgehead atoms. The normalized spacial score (nSPS) is 13.2. The van der Waals surface area contributed by atoms with Gasteiger partial charge in [-0.25, -0.2) is 0 Å². The molecule has 3 N–H and O–H groups in total. The van der Waals surface area contributed by atoms with Gasteiger partial charge in [0.05, 0.1) is 25.5 Å². The summed E-state index contributed by atoms with van der Waals surface area (Å²) < 4.78 is 4.79. The van der Waals surface area contributed by atoms with Gasteiger partial charge in [0.1, 0.15) is 5.76 Å². The summed E-state index contributed by atoms with van der Waals surface area (Å²) in [6.07, 6.45) is 0.840. The molecule has 0 aliphatic carbocycles. The first kappa shape index (κ1) is 9.18. The predicted molar refractivity (Wildman–Crippen MR) is 41.3 cm³/mol. The molecule has 0 aliphatic heterocycles. The third kappa shape index (κ3) is 3.00. The van der Waals surface area contributed by atoms with E-state index < -0.39 is 6.10 Å². The van der Waals surface area contributed by atoms with Crippen molar-refractivity contribution in [2.75, 3.05) is 13.2 Å². The van der Waals surface area contributed by atoms with Crippen molar-refractivity contribution in [2.24, 2.45) is 0 Å². The van der Waals surface area contributed by atoms with E-state index in [-0.39, 0.29) is 6.61 Å². The number of hydrogen-bond donors (Lipinski definition) is 3. The second kappa shape index (κ2) is 4.87. The Morgan fingerprint density at radius 2 is 2.50 bits per heavy atom. The average molecular weight is 172 g/mol. The van der Waals surface area contributed by atoms with E-state index >= 15 is 0 Å². The predicted octanol–water partition coefficient (Wildman–Crippen LogP) is -0.883. The minimum absolute atomic E-state index is 0.233. The number of rotatable bonds is 5. The molecule has 0 amide bonds. The highest BCUT2D eigenvalue weighted by molar-refractivity contribution is 4.91. The smallest absolute Gasteiger partial charge is 0.150 e. The average Bonchev–Trinajstić information content (AvgIpc) is 2.57. The lowest BCUT2D eigenvalue weighted by Crippen LogP contribution is -2.28. The second-order valence-corrected chi connectivity index (χ2v) is 2.45. The zero-order valence-corrected chi connectivity index (χ0v) is 6.60. The fourth-order valence-corrected chi connectivity index (χ4v) is 0.760. The Kier molecular flexibility index (Phi) is 3.72. The van der Waals surface area contributed by atoms with Crippen LogP contribution >= 0.6 is 0 Å². The van der Waals surface area contributed by atoms with Crippen LogP contribution in [0.3, 0.4) is 0 Å². The van der Waals surface area contributed by atoms with Crippen molar-refractivity contribution < 1.29 is 14.7 Å². The molecule has 0 radical (unpaired) electrons. The number of aliphatic hydroxyl groups excluding tert-OH is 2. The van der Waals surface area contributed by atoms with E-state index in [2.05, 4.69) is 10.5 Å². The molecule has 1 aromatic heterocycles. The first-order chi connectivity index (χ1) is 5.83. The molecular weight excluding hydrogens is 160 g/mol. The lowest BCUT2D eigenvalue weighted by Gasteiger charge is -2.06. The van der Waals surface area contributed by atoms with Gasteiger partial charge in [-0.3, -0.25) is 0 Å². The molecule has 0 spiro atoms.